The third-order valence-electron chi connectivity index (χ3n) is 10.4. The Hall–Kier alpha value is -7.81. The first-order chi connectivity index (χ1) is 28.2. The number of alkyl halides is 3. The zero-order chi connectivity index (χ0) is 40.0. The summed E-state index contributed by atoms with van der Waals surface area (Å²) in [6.07, 6.45) is -4.56. The van der Waals surface area contributed by atoms with E-state index in [1.165, 1.54) is 12.1 Å². The van der Waals surface area contributed by atoms with Crippen LogP contribution in [-0.2, 0) is 6.18 Å². The van der Waals surface area contributed by atoms with Crippen LogP contribution < -0.4 is 0 Å². The summed E-state index contributed by atoms with van der Waals surface area (Å²) in [5.74, 6) is 0.511. The van der Waals surface area contributed by atoms with Crippen LogP contribution in [0.4, 0.5) is 13.2 Å². The standard InChI is InChI=1S/C50H30F3N5/c1-31-20-22-46-40(24-31)41-27-37(50(51,52)53)21-23-47(41)58(46)48-42(38-18-10-8-16-34(38)29-54)25-36(26-43(48)39-19-11-9-17-35(39)30-55)45-28-44(32-12-4-2-5-13-32)56-49(57-45)33-14-6-3-7-15-33/h2-28H,1H3. The zero-order valence-electron chi connectivity index (χ0n) is 31.0. The predicted octanol–water partition coefficient (Wildman–Crippen LogP) is 13.0. The van der Waals surface area contributed by atoms with E-state index in [9.17, 15) is 23.7 Å². The number of halogens is 3. The van der Waals surface area contributed by atoms with E-state index in [0.717, 1.165) is 22.8 Å². The highest BCUT2D eigenvalue weighted by Crippen LogP contribution is 2.46. The first-order valence-corrected chi connectivity index (χ1v) is 18.5. The maximum atomic E-state index is 14.3. The van der Waals surface area contributed by atoms with Crippen molar-refractivity contribution in [3.8, 4) is 74.0 Å². The SMILES string of the molecule is Cc1ccc2c(c1)c1cc(C(F)(F)F)ccc1n2-c1c(-c2ccccc2C#N)cc(-c2cc(-c3ccccc3)nc(-c3ccccc3)n2)cc1-c1ccccc1C#N. The molecule has 0 saturated carbocycles. The molecule has 0 unspecified atom stereocenters. The smallest absolute Gasteiger partial charge is 0.308 e. The van der Waals surface area contributed by atoms with Crippen molar-refractivity contribution in [3.63, 3.8) is 0 Å². The molecule has 0 amide bonds. The number of aryl methyl sites for hydroxylation is 1. The molecular formula is C50H30F3N5. The molecule has 0 aliphatic carbocycles. The number of aromatic nitrogens is 3. The number of hydrogen-bond donors (Lipinski definition) is 0. The van der Waals surface area contributed by atoms with E-state index < -0.39 is 11.7 Å². The number of hydrogen-bond acceptors (Lipinski definition) is 4. The molecule has 0 N–H and O–H groups in total. The summed E-state index contributed by atoms with van der Waals surface area (Å²) in [7, 11) is 0. The van der Waals surface area contributed by atoms with Gasteiger partial charge in [0.25, 0.3) is 0 Å². The van der Waals surface area contributed by atoms with Gasteiger partial charge in [-0.3, -0.25) is 0 Å². The van der Waals surface area contributed by atoms with Crippen molar-refractivity contribution in [2.45, 2.75) is 13.1 Å². The normalized spacial score (nSPS) is 11.4. The van der Waals surface area contributed by atoms with Gasteiger partial charge < -0.3 is 4.57 Å². The Morgan fingerprint density at radius 1 is 0.500 bits per heavy atom. The molecule has 276 valence electrons. The maximum Gasteiger partial charge on any atom is 0.416 e. The number of fused-ring (bicyclic) bond motifs is 3. The topological polar surface area (TPSA) is 78.3 Å². The fourth-order valence-corrected chi connectivity index (χ4v) is 7.69. The van der Waals surface area contributed by atoms with E-state index in [-0.39, 0.29) is 0 Å². The summed E-state index contributed by atoms with van der Waals surface area (Å²) in [5, 5.41) is 22.1. The lowest BCUT2D eigenvalue weighted by Crippen LogP contribution is -2.05. The second kappa shape index (κ2) is 14.4. The Labute approximate surface area is 332 Å². The highest BCUT2D eigenvalue weighted by molar-refractivity contribution is 6.11. The second-order valence-electron chi connectivity index (χ2n) is 14.0. The highest BCUT2D eigenvalue weighted by atomic mass is 19.4. The quantitative estimate of drug-likeness (QED) is 0.169. The molecular weight excluding hydrogens is 728 g/mol. The van der Waals surface area contributed by atoms with Crippen LogP contribution in [-0.4, -0.2) is 14.5 Å². The summed E-state index contributed by atoms with van der Waals surface area (Å²) >= 11 is 0. The van der Waals surface area contributed by atoms with Gasteiger partial charge in [0.1, 0.15) is 0 Å². The minimum Gasteiger partial charge on any atom is -0.308 e. The third kappa shape index (κ3) is 6.33. The largest absolute Gasteiger partial charge is 0.416 e. The van der Waals surface area contributed by atoms with Crippen molar-refractivity contribution in [3.05, 3.63) is 186 Å². The molecule has 0 saturated heterocycles. The minimum absolute atomic E-state index is 0.397. The summed E-state index contributed by atoms with van der Waals surface area (Å²) < 4.78 is 44.8. The summed E-state index contributed by atoms with van der Waals surface area (Å²) in [6.45, 7) is 1.91. The Morgan fingerprint density at radius 3 is 1.57 bits per heavy atom. The van der Waals surface area contributed by atoms with Gasteiger partial charge in [0, 0.05) is 49.7 Å². The second-order valence-corrected chi connectivity index (χ2v) is 14.0. The van der Waals surface area contributed by atoms with Crippen LogP contribution in [0.2, 0.25) is 0 Å². The Kier molecular flexibility index (Phi) is 8.88. The van der Waals surface area contributed by atoms with Gasteiger partial charge in [0.05, 0.1) is 56.9 Å². The van der Waals surface area contributed by atoms with E-state index >= 15 is 0 Å². The molecule has 9 aromatic rings. The molecule has 2 aromatic heterocycles. The minimum atomic E-state index is -4.56. The lowest BCUT2D eigenvalue weighted by molar-refractivity contribution is -0.137. The first kappa shape index (κ1) is 35.9. The van der Waals surface area contributed by atoms with Gasteiger partial charge in [-0.2, -0.15) is 23.7 Å². The molecule has 9 rings (SSSR count). The van der Waals surface area contributed by atoms with E-state index in [4.69, 9.17) is 9.97 Å². The molecule has 7 aromatic carbocycles. The number of nitriles is 2. The molecule has 0 aliphatic rings. The van der Waals surface area contributed by atoms with Crippen molar-refractivity contribution < 1.29 is 13.2 Å². The molecule has 0 bridgehead atoms. The Morgan fingerprint density at radius 2 is 1.00 bits per heavy atom. The van der Waals surface area contributed by atoms with Gasteiger partial charge in [0.2, 0.25) is 0 Å². The number of rotatable bonds is 6. The van der Waals surface area contributed by atoms with Gasteiger partial charge in [-0.1, -0.05) is 109 Å². The van der Waals surface area contributed by atoms with Crippen LogP contribution in [0, 0.1) is 29.6 Å². The fourth-order valence-electron chi connectivity index (χ4n) is 7.69. The molecule has 0 fully saturated rings. The molecule has 0 radical (unpaired) electrons. The van der Waals surface area contributed by atoms with Gasteiger partial charge in [-0.15, -0.1) is 0 Å². The molecule has 8 heteroatoms. The van der Waals surface area contributed by atoms with Gasteiger partial charge in [0.15, 0.2) is 5.82 Å². The van der Waals surface area contributed by atoms with Gasteiger partial charge >= 0.3 is 6.18 Å². The number of benzene rings is 7. The lowest BCUT2D eigenvalue weighted by atomic mass is 9.88. The van der Waals surface area contributed by atoms with Crippen LogP contribution >= 0.6 is 0 Å². The van der Waals surface area contributed by atoms with E-state index in [0.29, 0.717) is 83.6 Å². The van der Waals surface area contributed by atoms with E-state index in [2.05, 4.69) is 12.1 Å². The third-order valence-corrected chi connectivity index (χ3v) is 10.4. The average Bonchev–Trinajstić information content (AvgIpc) is 3.58. The van der Waals surface area contributed by atoms with Crippen molar-refractivity contribution >= 4 is 21.8 Å². The highest BCUT2D eigenvalue weighted by Gasteiger charge is 2.32. The molecule has 0 spiro atoms. The van der Waals surface area contributed by atoms with Crippen LogP contribution in [0.25, 0.3) is 83.6 Å². The van der Waals surface area contributed by atoms with Crippen LogP contribution in [0.15, 0.2) is 164 Å². The summed E-state index contributed by atoms with van der Waals surface area (Å²) in [6, 6.07) is 54.2. The summed E-state index contributed by atoms with van der Waals surface area (Å²) in [5.41, 5.74) is 8.86. The molecule has 2 heterocycles. The van der Waals surface area contributed by atoms with Gasteiger partial charge in [-0.25, -0.2) is 9.97 Å². The van der Waals surface area contributed by atoms with Crippen LogP contribution in [0.3, 0.4) is 0 Å². The Balaban J connectivity index is 1.46. The Bertz CT molecular complexity index is 3000. The summed E-state index contributed by atoms with van der Waals surface area (Å²) in [4.78, 5) is 10.1. The van der Waals surface area contributed by atoms with Crippen molar-refractivity contribution in [2.24, 2.45) is 0 Å². The van der Waals surface area contributed by atoms with Crippen molar-refractivity contribution in [1.29, 1.82) is 10.5 Å². The molecule has 0 atom stereocenters. The van der Waals surface area contributed by atoms with Crippen LogP contribution in [0.1, 0.15) is 22.3 Å². The molecule has 58 heavy (non-hydrogen) atoms. The van der Waals surface area contributed by atoms with E-state index in [1.807, 2.05) is 133 Å². The van der Waals surface area contributed by atoms with Crippen LogP contribution in [0.5, 0.6) is 0 Å². The molecule has 5 nitrogen and oxygen atoms in total. The maximum absolute atomic E-state index is 14.3. The van der Waals surface area contributed by atoms with Crippen molar-refractivity contribution in [2.75, 3.05) is 0 Å². The lowest BCUT2D eigenvalue weighted by Gasteiger charge is -2.22. The zero-order valence-corrected chi connectivity index (χ0v) is 31.0. The van der Waals surface area contributed by atoms with E-state index in [1.54, 1.807) is 24.3 Å². The first-order valence-electron chi connectivity index (χ1n) is 18.5. The predicted molar refractivity (Wildman–Crippen MR) is 223 cm³/mol. The monoisotopic (exact) mass is 757 g/mol. The molecule has 0 aliphatic heterocycles. The number of nitrogens with zero attached hydrogens (tertiary/aromatic N) is 5. The van der Waals surface area contributed by atoms with Crippen molar-refractivity contribution in [1.82, 2.24) is 14.5 Å². The fraction of sp³-hybridized carbons (Fsp3) is 0.0400. The van der Waals surface area contributed by atoms with Gasteiger partial charge in [-0.05, 0) is 67.6 Å². The average molecular weight is 758 g/mol.